The van der Waals surface area contributed by atoms with Crippen LogP contribution in [0.2, 0.25) is 5.02 Å². The van der Waals surface area contributed by atoms with Crippen LogP contribution in [0, 0.1) is 6.92 Å². The summed E-state index contributed by atoms with van der Waals surface area (Å²) >= 11 is 6.13. The molecule has 1 saturated heterocycles. The lowest BCUT2D eigenvalue weighted by Crippen LogP contribution is -2.49. The van der Waals surface area contributed by atoms with Gasteiger partial charge in [-0.15, -0.1) is 0 Å². The number of halogens is 4. The zero-order valence-electron chi connectivity index (χ0n) is 15.3. The highest BCUT2D eigenvalue weighted by Crippen LogP contribution is 2.29. The molecule has 3 rings (SSSR count). The van der Waals surface area contributed by atoms with Gasteiger partial charge < -0.3 is 10.2 Å². The highest BCUT2D eigenvalue weighted by Gasteiger charge is 2.31. The third kappa shape index (κ3) is 5.14. The van der Waals surface area contributed by atoms with Crippen molar-refractivity contribution in [1.82, 2.24) is 9.88 Å². The lowest BCUT2D eigenvalue weighted by molar-refractivity contribution is -0.137. The second-order valence-corrected chi connectivity index (χ2v) is 7.10. The molecule has 0 aliphatic carbocycles. The Bertz CT molecular complexity index is 834. The molecule has 1 amide bonds. The fraction of sp³-hybridized carbons (Fsp3) is 0.368. The van der Waals surface area contributed by atoms with Gasteiger partial charge in [0, 0.05) is 32.4 Å². The van der Waals surface area contributed by atoms with Gasteiger partial charge in [-0.3, -0.25) is 9.69 Å². The number of alkyl halides is 3. The first kappa shape index (κ1) is 20.4. The van der Waals surface area contributed by atoms with Gasteiger partial charge in [-0.25, -0.2) is 4.98 Å². The molecule has 0 unspecified atom stereocenters. The molecule has 0 atom stereocenters. The first-order valence-corrected chi connectivity index (χ1v) is 9.17. The number of nitrogens with zero attached hydrogens (tertiary/aromatic N) is 3. The van der Waals surface area contributed by atoms with Crippen molar-refractivity contribution in [3.63, 3.8) is 0 Å². The zero-order valence-corrected chi connectivity index (χ0v) is 16.0. The SMILES string of the molecule is Cc1ccc(NC(=O)CN2CCN(c3ccc(C(F)(F)F)cn3)CC2)c(Cl)c1. The van der Waals surface area contributed by atoms with Gasteiger partial charge in [0.15, 0.2) is 0 Å². The molecule has 9 heteroatoms. The maximum Gasteiger partial charge on any atom is 0.417 e. The molecule has 5 nitrogen and oxygen atoms in total. The molecule has 2 heterocycles. The van der Waals surface area contributed by atoms with Crippen molar-refractivity contribution >= 4 is 29.0 Å². The molecule has 0 spiro atoms. The second kappa shape index (κ2) is 8.36. The maximum absolute atomic E-state index is 12.6. The van der Waals surface area contributed by atoms with E-state index in [0.29, 0.717) is 42.7 Å². The maximum atomic E-state index is 12.6. The topological polar surface area (TPSA) is 48.5 Å². The van der Waals surface area contributed by atoms with Crippen LogP contribution in [-0.2, 0) is 11.0 Å². The number of aryl methyl sites for hydroxylation is 1. The number of nitrogens with one attached hydrogen (secondary N) is 1. The summed E-state index contributed by atoms with van der Waals surface area (Å²) in [6.07, 6.45) is -3.54. The van der Waals surface area contributed by atoms with Gasteiger partial charge in [-0.05, 0) is 36.8 Å². The van der Waals surface area contributed by atoms with Crippen LogP contribution < -0.4 is 10.2 Å². The molecular formula is C19H20ClF3N4O. The van der Waals surface area contributed by atoms with Crippen LogP contribution in [0.1, 0.15) is 11.1 Å². The fourth-order valence-electron chi connectivity index (χ4n) is 2.99. The average molecular weight is 413 g/mol. The quantitative estimate of drug-likeness (QED) is 0.829. The second-order valence-electron chi connectivity index (χ2n) is 6.70. The van der Waals surface area contributed by atoms with Gasteiger partial charge >= 0.3 is 6.18 Å². The van der Waals surface area contributed by atoms with E-state index in [1.807, 2.05) is 22.8 Å². The highest BCUT2D eigenvalue weighted by atomic mass is 35.5. The van der Waals surface area contributed by atoms with Crippen molar-refractivity contribution in [1.29, 1.82) is 0 Å². The van der Waals surface area contributed by atoms with Crippen LogP contribution in [-0.4, -0.2) is 48.5 Å². The number of hydrogen-bond donors (Lipinski definition) is 1. The Morgan fingerprint density at radius 2 is 1.89 bits per heavy atom. The smallest absolute Gasteiger partial charge is 0.354 e. The summed E-state index contributed by atoms with van der Waals surface area (Å²) in [5.74, 6) is 0.343. The van der Waals surface area contributed by atoms with Crippen LogP contribution in [0.5, 0.6) is 0 Å². The molecule has 1 aromatic heterocycles. The lowest BCUT2D eigenvalue weighted by atomic mass is 10.2. The number of carbonyl (C=O) groups is 1. The first-order chi connectivity index (χ1) is 13.2. The van der Waals surface area contributed by atoms with Crippen LogP contribution >= 0.6 is 11.6 Å². The minimum absolute atomic E-state index is 0.160. The number of carbonyl (C=O) groups excluding carboxylic acids is 1. The summed E-state index contributed by atoms with van der Waals surface area (Å²) in [6, 6.07) is 7.84. The van der Waals surface area contributed by atoms with Crippen molar-refractivity contribution in [2.45, 2.75) is 13.1 Å². The average Bonchev–Trinajstić information content (AvgIpc) is 2.64. The van der Waals surface area contributed by atoms with E-state index in [4.69, 9.17) is 11.6 Å². The van der Waals surface area contributed by atoms with Crippen molar-refractivity contribution in [2.24, 2.45) is 0 Å². The number of aromatic nitrogens is 1. The largest absolute Gasteiger partial charge is 0.417 e. The Morgan fingerprint density at radius 1 is 1.18 bits per heavy atom. The van der Waals surface area contributed by atoms with Crippen molar-refractivity contribution in [3.05, 3.63) is 52.7 Å². The molecule has 1 aliphatic rings. The molecule has 0 bridgehead atoms. The van der Waals surface area contributed by atoms with E-state index in [-0.39, 0.29) is 12.5 Å². The normalized spacial score (nSPS) is 15.5. The summed E-state index contributed by atoms with van der Waals surface area (Å²) in [4.78, 5) is 20.1. The first-order valence-electron chi connectivity index (χ1n) is 8.79. The predicted octanol–water partition coefficient (Wildman–Crippen LogP) is 3.82. The Balaban J connectivity index is 1.50. The molecule has 1 aromatic carbocycles. The molecule has 1 fully saturated rings. The van der Waals surface area contributed by atoms with Crippen LogP contribution in [0.3, 0.4) is 0 Å². The molecule has 1 N–H and O–H groups in total. The molecule has 28 heavy (non-hydrogen) atoms. The standard InChI is InChI=1S/C19H20ClF3N4O/c1-13-2-4-16(15(20)10-13)25-18(28)12-26-6-8-27(9-7-26)17-5-3-14(11-24-17)19(21,22)23/h2-5,10-11H,6-9,12H2,1H3,(H,25,28). The third-order valence-corrected chi connectivity index (χ3v) is 4.85. The Labute approximate surface area is 166 Å². The number of hydrogen-bond acceptors (Lipinski definition) is 4. The number of benzene rings is 1. The van der Waals surface area contributed by atoms with E-state index in [0.717, 1.165) is 17.8 Å². The van der Waals surface area contributed by atoms with Crippen molar-refractivity contribution < 1.29 is 18.0 Å². The highest BCUT2D eigenvalue weighted by molar-refractivity contribution is 6.33. The van der Waals surface area contributed by atoms with Crippen molar-refractivity contribution in [3.8, 4) is 0 Å². The zero-order chi connectivity index (χ0) is 20.3. The van der Waals surface area contributed by atoms with E-state index in [9.17, 15) is 18.0 Å². The number of anilines is 2. The van der Waals surface area contributed by atoms with Crippen LogP contribution in [0.4, 0.5) is 24.7 Å². The minimum Gasteiger partial charge on any atom is -0.354 e. The van der Waals surface area contributed by atoms with Crippen molar-refractivity contribution in [2.75, 3.05) is 42.9 Å². The third-order valence-electron chi connectivity index (χ3n) is 4.54. The van der Waals surface area contributed by atoms with Crippen LogP contribution in [0.25, 0.3) is 0 Å². The van der Waals surface area contributed by atoms with Gasteiger partial charge in [-0.1, -0.05) is 17.7 Å². The lowest BCUT2D eigenvalue weighted by Gasteiger charge is -2.35. The minimum atomic E-state index is -4.39. The molecule has 0 saturated carbocycles. The Morgan fingerprint density at radius 3 is 2.46 bits per heavy atom. The van der Waals surface area contributed by atoms with Gasteiger partial charge in [0.25, 0.3) is 0 Å². The van der Waals surface area contributed by atoms with Gasteiger partial charge in [-0.2, -0.15) is 13.2 Å². The van der Waals surface area contributed by atoms with E-state index in [2.05, 4.69) is 10.3 Å². The van der Waals surface area contributed by atoms with Crippen LogP contribution in [0.15, 0.2) is 36.5 Å². The molecule has 2 aromatic rings. The predicted molar refractivity (Wildman–Crippen MR) is 103 cm³/mol. The summed E-state index contributed by atoms with van der Waals surface area (Å²) in [5.41, 5.74) is 0.821. The Kier molecular flexibility index (Phi) is 6.10. The number of piperazine rings is 1. The van der Waals surface area contributed by atoms with E-state index in [1.165, 1.54) is 6.07 Å². The monoisotopic (exact) mass is 412 g/mol. The molecular weight excluding hydrogens is 393 g/mol. The molecule has 1 aliphatic heterocycles. The van der Waals surface area contributed by atoms with E-state index in [1.54, 1.807) is 12.1 Å². The number of pyridine rings is 1. The fourth-order valence-corrected chi connectivity index (χ4v) is 3.27. The summed E-state index contributed by atoms with van der Waals surface area (Å²) in [5, 5.41) is 3.30. The Hall–Kier alpha value is -2.32. The summed E-state index contributed by atoms with van der Waals surface area (Å²) < 4.78 is 37.9. The van der Waals surface area contributed by atoms with Gasteiger partial charge in [0.1, 0.15) is 5.82 Å². The summed E-state index contributed by atoms with van der Waals surface area (Å²) in [7, 11) is 0. The van der Waals surface area contributed by atoms with Gasteiger partial charge in [0.2, 0.25) is 5.91 Å². The number of amides is 1. The van der Waals surface area contributed by atoms with E-state index >= 15 is 0 Å². The summed E-state index contributed by atoms with van der Waals surface area (Å²) in [6.45, 7) is 4.52. The molecule has 150 valence electrons. The van der Waals surface area contributed by atoms with E-state index < -0.39 is 11.7 Å². The number of rotatable bonds is 4. The van der Waals surface area contributed by atoms with Gasteiger partial charge in [0.05, 0.1) is 22.8 Å². The molecule has 0 radical (unpaired) electrons.